The first-order valence-electron chi connectivity index (χ1n) is 10.4. The van der Waals surface area contributed by atoms with Gasteiger partial charge in [0.25, 0.3) is 15.9 Å². The summed E-state index contributed by atoms with van der Waals surface area (Å²) in [5.41, 5.74) is 0.785. The fourth-order valence-corrected chi connectivity index (χ4v) is 5.28. The van der Waals surface area contributed by atoms with Gasteiger partial charge in [0.15, 0.2) is 0 Å². The summed E-state index contributed by atoms with van der Waals surface area (Å²) in [7, 11) is -2.56. The fourth-order valence-electron chi connectivity index (χ4n) is 3.64. The van der Waals surface area contributed by atoms with Crippen LogP contribution in [0.1, 0.15) is 10.4 Å². The first-order valence-corrected chi connectivity index (χ1v) is 12.6. The second-order valence-corrected chi connectivity index (χ2v) is 10.1. The van der Waals surface area contributed by atoms with Crippen LogP contribution in [0.4, 0.5) is 11.5 Å². The fraction of sp³-hybridized carbons (Fsp3) is 0.217. The Balaban J connectivity index is 1.41. The van der Waals surface area contributed by atoms with Crippen LogP contribution in [0.15, 0.2) is 65.7 Å². The molecule has 0 radical (unpaired) electrons. The van der Waals surface area contributed by atoms with E-state index in [9.17, 15) is 13.2 Å². The highest BCUT2D eigenvalue weighted by atomic mass is 35.5. The zero-order valence-corrected chi connectivity index (χ0v) is 20.6. The van der Waals surface area contributed by atoms with E-state index in [2.05, 4.69) is 14.6 Å². The number of carbonyl (C=O) groups excluding carboxylic acids is 1. The van der Waals surface area contributed by atoms with Crippen molar-refractivity contribution in [2.24, 2.45) is 0 Å². The van der Waals surface area contributed by atoms with Gasteiger partial charge in [-0.15, -0.1) is 0 Å². The van der Waals surface area contributed by atoms with Gasteiger partial charge in [-0.25, -0.2) is 13.4 Å². The van der Waals surface area contributed by atoms with Crippen LogP contribution >= 0.6 is 23.2 Å². The lowest BCUT2D eigenvalue weighted by molar-refractivity contribution is 0.0746. The average molecular weight is 521 g/mol. The first-order chi connectivity index (χ1) is 16.3. The molecule has 34 heavy (non-hydrogen) atoms. The van der Waals surface area contributed by atoms with Crippen LogP contribution in [0, 0.1) is 0 Å². The van der Waals surface area contributed by atoms with Crippen LogP contribution in [-0.2, 0) is 10.0 Å². The molecule has 1 fully saturated rings. The SMILES string of the molecule is COc1ccc(Cl)cc1S(=O)(=O)Nc1ccc(C(=O)N2CCN(c3cc(Cl)ccn3)CC2)cc1. The topological polar surface area (TPSA) is 91.8 Å². The van der Waals surface area contributed by atoms with E-state index in [4.69, 9.17) is 27.9 Å². The van der Waals surface area contributed by atoms with Crippen molar-refractivity contribution >= 4 is 50.6 Å². The lowest BCUT2D eigenvalue weighted by Gasteiger charge is -2.35. The molecule has 0 bridgehead atoms. The molecule has 1 saturated heterocycles. The molecular weight excluding hydrogens is 499 g/mol. The number of halogens is 2. The Morgan fingerprint density at radius 1 is 0.971 bits per heavy atom. The number of methoxy groups -OCH3 is 1. The van der Waals surface area contributed by atoms with Gasteiger partial charge in [-0.1, -0.05) is 23.2 Å². The number of piperazine rings is 1. The summed E-state index contributed by atoms with van der Waals surface area (Å²) in [5, 5.41) is 0.890. The molecule has 1 aliphatic rings. The van der Waals surface area contributed by atoms with E-state index >= 15 is 0 Å². The minimum Gasteiger partial charge on any atom is -0.495 e. The molecular formula is C23H22Cl2N4O4S. The molecule has 4 rings (SSSR count). The summed E-state index contributed by atoms with van der Waals surface area (Å²) in [4.78, 5) is 21.0. The van der Waals surface area contributed by atoms with E-state index in [1.54, 1.807) is 53.6 Å². The summed E-state index contributed by atoms with van der Waals surface area (Å²) in [6, 6.07) is 14.2. The third-order valence-electron chi connectivity index (χ3n) is 5.40. The van der Waals surface area contributed by atoms with Crippen molar-refractivity contribution in [2.45, 2.75) is 4.90 Å². The molecule has 0 spiro atoms. The number of amides is 1. The summed E-state index contributed by atoms with van der Waals surface area (Å²) in [6.45, 7) is 2.35. The minimum atomic E-state index is -3.94. The number of nitrogens with zero attached hydrogens (tertiary/aromatic N) is 3. The molecule has 0 saturated carbocycles. The number of hydrogen-bond acceptors (Lipinski definition) is 6. The minimum absolute atomic E-state index is 0.0743. The Labute approximate surface area is 208 Å². The Hall–Kier alpha value is -3.01. The monoisotopic (exact) mass is 520 g/mol. The second kappa shape index (κ2) is 10.1. The van der Waals surface area contributed by atoms with E-state index in [0.29, 0.717) is 42.5 Å². The van der Waals surface area contributed by atoms with Crippen LogP contribution in [0.5, 0.6) is 5.75 Å². The molecule has 11 heteroatoms. The van der Waals surface area contributed by atoms with E-state index in [1.165, 1.54) is 19.2 Å². The Kier molecular flexibility index (Phi) is 7.16. The van der Waals surface area contributed by atoms with Crippen molar-refractivity contribution in [3.63, 3.8) is 0 Å². The predicted octanol–water partition coefficient (Wildman–Crippen LogP) is 4.16. The molecule has 0 unspecified atom stereocenters. The summed E-state index contributed by atoms with van der Waals surface area (Å²) < 4.78 is 33.3. The molecule has 1 aliphatic heterocycles. The van der Waals surface area contributed by atoms with Gasteiger partial charge >= 0.3 is 0 Å². The standard InChI is InChI=1S/C23H22Cl2N4O4S/c1-33-20-7-4-17(24)14-21(20)34(31,32)27-19-5-2-16(3-6-19)23(30)29-12-10-28(11-13-29)22-15-18(25)8-9-26-22/h2-9,14-15,27H,10-13H2,1H3. The number of anilines is 2. The maximum atomic E-state index is 12.9. The number of hydrogen-bond donors (Lipinski definition) is 1. The zero-order valence-electron chi connectivity index (χ0n) is 18.2. The highest BCUT2D eigenvalue weighted by Gasteiger charge is 2.24. The van der Waals surface area contributed by atoms with Gasteiger partial charge in [0.1, 0.15) is 16.5 Å². The van der Waals surface area contributed by atoms with E-state index in [1.807, 2.05) is 0 Å². The number of ether oxygens (including phenoxy) is 1. The van der Waals surface area contributed by atoms with Crippen molar-refractivity contribution in [1.82, 2.24) is 9.88 Å². The number of rotatable bonds is 6. The Morgan fingerprint density at radius 2 is 1.65 bits per heavy atom. The summed E-state index contributed by atoms with van der Waals surface area (Å²) in [5.74, 6) is 0.841. The molecule has 178 valence electrons. The first kappa shape index (κ1) is 24.1. The Morgan fingerprint density at radius 3 is 2.29 bits per heavy atom. The summed E-state index contributed by atoms with van der Waals surface area (Å²) in [6.07, 6.45) is 1.66. The van der Waals surface area contributed by atoms with E-state index in [0.717, 1.165) is 5.82 Å². The molecule has 2 aromatic carbocycles. The molecule has 0 atom stereocenters. The molecule has 1 amide bonds. The second-order valence-electron chi connectivity index (χ2n) is 7.59. The third kappa shape index (κ3) is 5.38. The van der Waals surface area contributed by atoms with Gasteiger partial charge in [-0.3, -0.25) is 9.52 Å². The Bertz CT molecular complexity index is 1290. The maximum absolute atomic E-state index is 12.9. The number of pyridine rings is 1. The lowest BCUT2D eigenvalue weighted by atomic mass is 10.1. The number of nitrogens with one attached hydrogen (secondary N) is 1. The van der Waals surface area contributed by atoms with Crippen LogP contribution < -0.4 is 14.4 Å². The van der Waals surface area contributed by atoms with Gasteiger partial charge in [0.05, 0.1) is 7.11 Å². The number of sulfonamides is 1. The van der Waals surface area contributed by atoms with Crippen LogP contribution in [0.25, 0.3) is 0 Å². The highest BCUT2D eigenvalue weighted by molar-refractivity contribution is 7.92. The molecule has 8 nitrogen and oxygen atoms in total. The van der Waals surface area contributed by atoms with Gasteiger partial charge in [-0.05, 0) is 54.6 Å². The molecule has 3 aromatic rings. The van der Waals surface area contributed by atoms with Crippen molar-refractivity contribution in [2.75, 3.05) is 42.9 Å². The number of benzene rings is 2. The van der Waals surface area contributed by atoms with Gasteiger partial charge in [0.2, 0.25) is 0 Å². The largest absolute Gasteiger partial charge is 0.495 e. The number of carbonyl (C=O) groups is 1. The normalized spacial score (nSPS) is 14.1. The zero-order chi connectivity index (χ0) is 24.3. The quantitative estimate of drug-likeness (QED) is 0.524. The number of aromatic nitrogens is 1. The van der Waals surface area contributed by atoms with Gasteiger partial charge < -0.3 is 14.5 Å². The van der Waals surface area contributed by atoms with Crippen molar-refractivity contribution in [3.8, 4) is 5.75 Å². The van der Waals surface area contributed by atoms with Crippen molar-refractivity contribution in [3.05, 3.63) is 76.4 Å². The van der Waals surface area contributed by atoms with Gasteiger partial charge in [-0.2, -0.15) is 0 Å². The molecule has 1 aromatic heterocycles. The van der Waals surface area contributed by atoms with Crippen molar-refractivity contribution < 1.29 is 17.9 Å². The van der Waals surface area contributed by atoms with E-state index in [-0.39, 0.29) is 21.6 Å². The molecule has 2 heterocycles. The van der Waals surface area contributed by atoms with Crippen LogP contribution in [0.2, 0.25) is 10.0 Å². The summed E-state index contributed by atoms with van der Waals surface area (Å²) >= 11 is 12.0. The molecule has 0 aliphatic carbocycles. The highest BCUT2D eigenvalue weighted by Crippen LogP contribution is 2.29. The smallest absolute Gasteiger partial charge is 0.265 e. The van der Waals surface area contributed by atoms with Crippen molar-refractivity contribution in [1.29, 1.82) is 0 Å². The molecule has 1 N–H and O–H groups in total. The van der Waals surface area contributed by atoms with Gasteiger partial charge in [0, 0.05) is 53.7 Å². The predicted molar refractivity (Wildman–Crippen MR) is 133 cm³/mol. The maximum Gasteiger partial charge on any atom is 0.265 e. The van der Waals surface area contributed by atoms with Crippen LogP contribution in [-0.4, -0.2) is 57.5 Å². The average Bonchev–Trinajstić information content (AvgIpc) is 2.84. The van der Waals surface area contributed by atoms with E-state index < -0.39 is 10.0 Å². The van der Waals surface area contributed by atoms with Crippen LogP contribution in [0.3, 0.4) is 0 Å². The third-order valence-corrected chi connectivity index (χ3v) is 7.27. The lowest BCUT2D eigenvalue weighted by Crippen LogP contribution is -2.49.